The lowest BCUT2D eigenvalue weighted by molar-refractivity contribution is -0.140. The summed E-state index contributed by atoms with van der Waals surface area (Å²) in [6, 6.07) is 15.8. The topological polar surface area (TPSA) is 177 Å². The molecule has 0 aliphatic carbocycles. The van der Waals surface area contributed by atoms with Gasteiger partial charge in [0.1, 0.15) is 36.6 Å². The zero-order valence-corrected chi connectivity index (χ0v) is 50.3. The van der Waals surface area contributed by atoms with Crippen molar-refractivity contribution in [2.24, 2.45) is 0 Å². The van der Waals surface area contributed by atoms with Gasteiger partial charge < -0.3 is 28.4 Å². The van der Waals surface area contributed by atoms with Gasteiger partial charge >= 0.3 is 24.0 Å². The van der Waals surface area contributed by atoms with Gasteiger partial charge in [0.15, 0.2) is 0 Å². The first-order valence-electron chi connectivity index (χ1n) is 24.4. The van der Waals surface area contributed by atoms with E-state index in [0.29, 0.717) is 69.2 Å². The Hall–Kier alpha value is -5.05. The second-order valence-electron chi connectivity index (χ2n) is 20.0. The molecule has 0 atom stereocenters. The molecule has 0 saturated heterocycles. The van der Waals surface area contributed by atoms with E-state index in [1.165, 1.54) is 50.2 Å². The molecule has 0 bridgehead atoms. The van der Waals surface area contributed by atoms with Crippen molar-refractivity contribution in [1.82, 2.24) is 39.5 Å². The fourth-order valence-corrected chi connectivity index (χ4v) is 9.35. The number of methoxy groups -OCH3 is 2. The lowest BCUT2D eigenvalue weighted by Gasteiger charge is -2.18. The molecule has 2 aromatic carbocycles. The lowest BCUT2D eigenvalue weighted by Crippen LogP contribution is -2.22. The lowest BCUT2D eigenvalue weighted by atomic mass is 9.95. The molecule has 75 heavy (non-hydrogen) atoms. The molecule has 0 N–H and O–H groups in total. The number of thioether (sulfide) groups is 1. The number of hydrogen-bond acceptors (Lipinski definition) is 16. The fourth-order valence-electron chi connectivity index (χ4n) is 6.56. The van der Waals surface area contributed by atoms with Gasteiger partial charge in [0.2, 0.25) is 9.89 Å². The van der Waals surface area contributed by atoms with Gasteiger partial charge in [0, 0.05) is 87.9 Å². The summed E-state index contributed by atoms with van der Waals surface area (Å²) in [5.41, 5.74) is 4.27. The second kappa shape index (κ2) is 30.6. The highest BCUT2D eigenvalue weighted by Gasteiger charge is 2.24. The van der Waals surface area contributed by atoms with E-state index >= 15 is 0 Å². The van der Waals surface area contributed by atoms with Crippen LogP contribution in [0.2, 0.25) is 51.4 Å². The van der Waals surface area contributed by atoms with E-state index < -0.39 is 16.1 Å². The van der Waals surface area contributed by atoms with Gasteiger partial charge in [-0.1, -0.05) is 78.7 Å². The monoisotopic (exact) mass is 1170 g/mol. The number of carbonyl (C=O) groups is 2. The average molecular weight is 1170 g/mol. The SMILES string of the molecule is CC(C)c1cc(F)cc(-c2ccncc2)c1Oc1nc(Br)nn1COCC[Si](C)(C)C.COC(=O)CCS.COC(=O)CCSc1nc(Oc2c(-c3ccncc3)cc(F)cc2C(C)C)n(COCC[Si](C)(C)C)n1. The van der Waals surface area contributed by atoms with Crippen LogP contribution in [-0.2, 0) is 42.0 Å². The van der Waals surface area contributed by atoms with Crippen LogP contribution in [-0.4, -0.2) is 107 Å². The molecule has 16 nitrogen and oxygen atoms in total. The van der Waals surface area contributed by atoms with E-state index in [-0.39, 0.29) is 67.3 Å². The smallest absolute Gasteiger partial charge is 0.323 e. The van der Waals surface area contributed by atoms with Crippen molar-refractivity contribution < 1.29 is 46.8 Å². The highest BCUT2D eigenvalue weighted by Crippen LogP contribution is 2.42. The maximum Gasteiger partial charge on any atom is 0.323 e. The molecule has 0 fully saturated rings. The zero-order chi connectivity index (χ0) is 55.3. The standard InChI is InChI=1S/C26H35FN4O4SSi.C22H28BrFN4O2Si.C4H8O2S/c1-18(2)21-15-20(27)16-22(19-7-10-28-11-8-19)24(21)35-26-29-25(36-13-9-23(32)33-3)30-31(26)17-34-12-14-37(4,5)6;1-15(2)18-12-17(24)13-19(16-6-8-25-9-7-16)20(18)30-22-26-21(23)27-28(22)14-29-10-11-31(3,4)5;1-6-4(5)2-3-7/h7-8,10-11,15-16,18H,9,12-14,17H2,1-6H3;6-9,12-13,15H,10-11,14H2,1-5H3;7H,2-3H2,1H3. The molecular weight excluding hydrogens is 1100 g/mol. The van der Waals surface area contributed by atoms with Crippen LogP contribution in [0.1, 0.15) is 63.5 Å². The zero-order valence-electron chi connectivity index (χ0n) is 45.0. The van der Waals surface area contributed by atoms with Crippen molar-refractivity contribution in [3.63, 3.8) is 0 Å². The first-order chi connectivity index (χ1) is 35.5. The van der Waals surface area contributed by atoms with E-state index in [2.05, 4.69) is 103 Å². The summed E-state index contributed by atoms with van der Waals surface area (Å²) in [4.78, 5) is 38.7. The summed E-state index contributed by atoms with van der Waals surface area (Å²) in [5.74, 6) is 0.940. The quantitative estimate of drug-likeness (QED) is 0.0199. The summed E-state index contributed by atoms with van der Waals surface area (Å²) < 4.78 is 66.1. The van der Waals surface area contributed by atoms with Gasteiger partial charge in [-0.15, -0.1) is 10.2 Å². The molecule has 0 amide bonds. The number of thiol groups is 1. The number of aromatic nitrogens is 8. The van der Waals surface area contributed by atoms with E-state index in [1.54, 1.807) is 34.2 Å². The Morgan fingerprint density at radius 1 is 0.667 bits per heavy atom. The largest absolute Gasteiger partial charge is 0.469 e. The average Bonchev–Trinajstić information content (AvgIpc) is 3.92. The Morgan fingerprint density at radius 3 is 1.49 bits per heavy atom. The molecule has 23 heteroatoms. The van der Waals surface area contributed by atoms with Crippen LogP contribution < -0.4 is 9.47 Å². The number of esters is 2. The maximum atomic E-state index is 14.6. The van der Waals surface area contributed by atoms with E-state index in [9.17, 15) is 18.4 Å². The maximum absolute atomic E-state index is 14.6. The van der Waals surface area contributed by atoms with E-state index in [0.717, 1.165) is 28.8 Å². The molecule has 4 aromatic heterocycles. The van der Waals surface area contributed by atoms with Gasteiger partial charge in [0.05, 0.1) is 27.1 Å². The number of ether oxygens (including phenoxy) is 6. The van der Waals surface area contributed by atoms with Crippen molar-refractivity contribution in [2.75, 3.05) is 38.9 Å². The minimum absolute atomic E-state index is 0.00967. The van der Waals surface area contributed by atoms with Crippen LogP contribution in [0.3, 0.4) is 0 Å². The Balaban J connectivity index is 0.000000291. The first-order valence-corrected chi connectivity index (χ1v) is 34.3. The van der Waals surface area contributed by atoms with Crippen molar-refractivity contribution in [2.45, 2.75) is 122 Å². The van der Waals surface area contributed by atoms with Crippen molar-refractivity contribution in [1.29, 1.82) is 0 Å². The van der Waals surface area contributed by atoms with E-state index in [4.69, 9.17) is 23.7 Å². The second-order valence-corrected chi connectivity index (χ2v) is 33.4. The van der Waals surface area contributed by atoms with Gasteiger partial charge in [-0.05, 0) is 99.5 Å². The summed E-state index contributed by atoms with van der Waals surface area (Å²) in [7, 11) is 0.283. The van der Waals surface area contributed by atoms with Crippen molar-refractivity contribution in [3.8, 4) is 45.8 Å². The van der Waals surface area contributed by atoms with Crippen LogP contribution in [0.5, 0.6) is 23.5 Å². The third-order valence-electron chi connectivity index (χ3n) is 10.7. The summed E-state index contributed by atoms with van der Waals surface area (Å²) in [6.45, 7) is 23.4. The molecule has 0 unspecified atom stereocenters. The third-order valence-corrected chi connectivity index (χ3v) is 15.5. The van der Waals surface area contributed by atoms with Crippen LogP contribution >= 0.6 is 40.3 Å². The van der Waals surface area contributed by atoms with E-state index in [1.807, 2.05) is 52.0 Å². The number of nitrogens with zero attached hydrogens (tertiary/aromatic N) is 8. The normalized spacial score (nSPS) is 11.4. The number of benzene rings is 2. The molecule has 0 aliphatic rings. The molecule has 0 spiro atoms. The number of carbonyl (C=O) groups excluding carboxylic acids is 2. The minimum Gasteiger partial charge on any atom is -0.469 e. The van der Waals surface area contributed by atoms with Gasteiger partial charge in [-0.3, -0.25) is 19.6 Å². The van der Waals surface area contributed by atoms with Crippen molar-refractivity contribution in [3.05, 3.63) is 101 Å². The molecule has 4 heterocycles. The van der Waals surface area contributed by atoms with Gasteiger partial charge in [-0.2, -0.15) is 32.0 Å². The van der Waals surface area contributed by atoms with Crippen LogP contribution in [0.25, 0.3) is 22.3 Å². The molecule has 0 saturated carbocycles. The summed E-state index contributed by atoms with van der Waals surface area (Å²) in [5, 5.41) is 9.34. The predicted octanol–water partition coefficient (Wildman–Crippen LogP) is 13.3. The molecule has 0 aliphatic heterocycles. The summed E-state index contributed by atoms with van der Waals surface area (Å²) >= 11 is 8.46. The Labute approximate surface area is 460 Å². The number of hydrogen-bond donors (Lipinski definition) is 1. The number of pyridine rings is 2. The van der Waals surface area contributed by atoms with Crippen LogP contribution in [0.4, 0.5) is 8.78 Å². The number of halogens is 3. The highest BCUT2D eigenvalue weighted by atomic mass is 79.9. The third kappa shape index (κ3) is 21.5. The first kappa shape index (κ1) is 62.5. The molecule has 408 valence electrons. The molecule has 6 aromatic rings. The molecular formula is C52H71BrF2N8O8S2Si2. The van der Waals surface area contributed by atoms with Crippen LogP contribution in [0, 0.1) is 11.6 Å². The van der Waals surface area contributed by atoms with Gasteiger partial charge in [-0.25, -0.2) is 8.78 Å². The number of rotatable bonds is 24. The predicted molar refractivity (Wildman–Crippen MR) is 301 cm³/mol. The summed E-state index contributed by atoms with van der Waals surface area (Å²) in [6.07, 6.45) is 7.29. The minimum atomic E-state index is -1.26. The Bertz CT molecular complexity index is 2730. The Morgan fingerprint density at radius 2 is 1.09 bits per heavy atom. The van der Waals surface area contributed by atoms with Gasteiger partial charge in [0.25, 0.3) is 0 Å². The van der Waals surface area contributed by atoms with Crippen molar-refractivity contribution >= 4 is 68.4 Å². The Kier molecular flexibility index (Phi) is 25.5. The highest BCUT2D eigenvalue weighted by molar-refractivity contribution is 9.10. The molecule has 0 radical (unpaired) electrons. The molecule has 6 rings (SSSR count). The van der Waals surface area contributed by atoms with Crippen LogP contribution in [0.15, 0.2) is 83.2 Å². The fraction of sp³-hybridized carbons (Fsp3) is 0.462.